The molecule has 0 saturated heterocycles. The number of nitrogens with one attached hydrogen (secondary N) is 1. The molecule has 2 rings (SSSR count). The minimum atomic E-state index is 0.576. The lowest BCUT2D eigenvalue weighted by atomic mass is 9.71. The van der Waals surface area contributed by atoms with Crippen LogP contribution in [0, 0.1) is 17.3 Å². The number of hydrogen-bond acceptors (Lipinski definition) is 2. The molecule has 0 spiro atoms. The molecular formula is C13H25NO. The zero-order valence-corrected chi connectivity index (χ0v) is 10.2. The summed E-state index contributed by atoms with van der Waals surface area (Å²) >= 11 is 0. The van der Waals surface area contributed by atoms with Crippen LogP contribution in [0.3, 0.4) is 0 Å². The van der Waals surface area contributed by atoms with Gasteiger partial charge in [-0.05, 0) is 56.9 Å². The predicted octanol–water partition coefficient (Wildman–Crippen LogP) is 2.44. The van der Waals surface area contributed by atoms with Crippen LogP contribution in [0.1, 0.15) is 39.0 Å². The van der Waals surface area contributed by atoms with Gasteiger partial charge in [0, 0.05) is 19.8 Å². The minimum Gasteiger partial charge on any atom is -0.382 e. The monoisotopic (exact) mass is 211 g/mol. The third kappa shape index (κ3) is 2.21. The molecule has 3 atom stereocenters. The third-order valence-electron chi connectivity index (χ3n) is 4.58. The van der Waals surface area contributed by atoms with Crippen molar-refractivity contribution in [2.75, 3.05) is 26.8 Å². The summed E-state index contributed by atoms with van der Waals surface area (Å²) in [5.74, 6) is 2.01. The summed E-state index contributed by atoms with van der Waals surface area (Å²) in [7, 11) is 2.09. The maximum atomic E-state index is 5.55. The van der Waals surface area contributed by atoms with E-state index in [-0.39, 0.29) is 0 Å². The predicted molar refractivity (Wildman–Crippen MR) is 62.9 cm³/mol. The molecule has 0 aromatic heterocycles. The molecule has 0 aromatic rings. The van der Waals surface area contributed by atoms with Gasteiger partial charge < -0.3 is 10.1 Å². The van der Waals surface area contributed by atoms with Crippen LogP contribution in [0.25, 0.3) is 0 Å². The van der Waals surface area contributed by atoms with Crippen molar-refractivity contribution >= 4 is 0 Å². The van der Waals surface area contributed by atoms with E-state index in [2.05, 4.69) is 19.3 Å². The van der Waals surface area contributed by atoms with E-state index >= 15 is 0 Å². The highest BCUT2D eigenvalue weighted by Crippen LogP contribution is 2.57. The number of hydrogen-bond donors (Lipinski definition) is 1. The van der Waals surface area contributed by atoms with Gasteiger partial charge >= 0.3 is 0 Å². The van der Waals surface area contributed by atoms with E-state index in [0.717, 1.165) is 25.0 Å². The second-order valence-corrected chi connectivity index (χ2v) is 5.42. The molecule has 0 aromatic carbocycles. The smallest absolute Gasteiger partial charge is 0.0471 e. The van der Waals surface area contributed by atoms with Crippen molar-refractivity contribution in [2.24, 2.45) is 17.3 Å². The quantitative estimate of drug-likeness (QED) is 0.681. The second kappa shape index (κ2) is 4.84. The molecule has 0 aliphatic heterocycles. The molecule has 88 valence electrons. The Morgan fingerprint density at radius 2 is 2.27 bits per heavy atom. The van der Waals surface area contributed by atoms with E-state index in [4.69, 9.17) is 4.74 Å². The highest BCUT2D eigenvalue weighted by atomic mass is 16.5. The van der Waals surface area contributed by atoms with Crippen molar-refractivity contribution in [3.8, 4) is 0 Å². The molecule has 15 heavy (non-hydrogen) atoms. The normalized spacial score (nSPS) is 38.8. The van der Waals surface area contributed by atoms with Gasteiger partial charge in [0.1, 0.15) is 0 Å². The van der Waals surface area contributed by atoms with E-state index in [0.29, 0.717) is 5.41 Å². The van der Waals surface area contributed by atoms with Crippen LogP contribution in [0.5, 0.6) is 0 Å². The van der Waals surface area contributed by atoms with Crippen LogP contribution >= 0.6 is 0 Å². The lowest BCUT2D eigenvalue weighted by molar-refractivity contribution is 0.0697. The molecule has 2 aliphatic carbocycles. The second-order valence-electron chi connectivity index (χ2n) is 5.42. The van der Waals surface area contributed by atoms with Crippen LogP contribution in [0.2, 0.25) is 0 Å². The summed E-state index contributed by atoms with van der Waals surface area (Å²) < 4.78 is 5.55. The molecule has 2 nitrogen and oxygen atoms in total. The number of rotatable bonds is 6. The van der Waals surface area contributed by atoms with Crippen LogP contribution in [-0.2, 0) is 4.74 Å². The molecule has 0 heterocycles. The minimum absolute atomic E-state index is 0.576. The Morgan fingerprint density at radius 1 is 1.40 bits per heavy atom. The van der Waals surface area contributed by atoms with E-state index in [1.165, 1.54) is 38.6 Å². The molecule has 2 bridgehead atoms. The SMILES string of the molecule is CCOCCC1(CNC)CC2CCC1C2. The first-order valence-electron chi connectivity index (χ1n) is 6.53. The molecule has 2 saturated carbocycles. The van der Waals surface area contributed by atoms with Crippen molar-refractivity contribution in [2.45, 2.75) is 39.0 Å². The molecule has 2 fully saturated rings. The van der Waals surface area contributed by atoms with Crippen molar-refractivity contribution in [3.05, 3.63) is 0 Å². The first-order valence-corrected chi connectivity index (χ1v) is 6.53. The van der Waals surface area contributed by atoms with Gasteiger partial charge in [0.15, 0.2) is 0 Å². The van der Waals surface area contributed by atoms with Gasteiger partial charge in [-0.3, -0.25) is 0 Å². The van der Waals surface area contributed by atoms with Gasteiger partial charge in [-0.15, -0.1) is 0 Å². The summed E-state index contributed by atoms with van der Waals surface area (Å²) in [5, 5.41) is 3.41. The van der Waals surface area contributed by atoms with Gasteiger partial charge in [0.25, 0.3) is 0 Å². The van der Waals surface area contributed by atoms with Gasteiger partial charge in [-0.2, -0.15) is 0 Å². The molecule has 2 aliphatic rings. The molecule has 2 heteroatoms. The first-order chi connectivity index (χ1) is 7.30. The van der Waals surface area contributed by atoms with Gasteiger partial charge in [-0.1, -0.05) is 6.42 Å². The topological polar surface area (TPSA) is 21.3 Å². The third-order valence-corrected chi connectivity index (χ3v) is 4.58. The Labute approximate surface area is 93.8 Å². The molecule has 0 radical (unpaired) electrons. The average Bonchev–Trinajstić information content (AvgIpc) is 2.79. The van der Waals surface area contributed by atoms with Crippen molar-refractivity contribution in [1.82, 2.24) is 5.32 Å². The zero-order valence-electron chi connectivity index (χ0n) is 10.2. The molecule has 3 unspecified atom stereocenters. The maximum Gasteiger partial charge on any atom is 0.0471 e. The number of ether oxygens (including phenoxy) is 1. The molecular weight excluding hydrogens is 186 g/mol. The summed E-state index contributed by atoms with van der Waals surface area (Å²) in [4.78, 5) is 0. The fraction of sp³-hybridized carbons (Fsp3) is 1.00. The van der Waals surface area contributed by atoms with E-state index in [9.17, 15) is 0 Å². The number of fused-ring (bicyclic) bond motifs is 2. The van der Waals surface area contributed by atoms with E-state index in [1.807, 2.05) is 0 Å². The van der Waals surface area contributed by atoms with Crippen molar-refractivity contribution < 1.29 is 4.74 Å². The Morgan fingerprint density at radius 3 is 2.80 bits per heavy atom. The lowest BCUT2D eigenvalue weighted by Crippen LogP contribution is -2.38. The Hall–Kier alpha value is -0.0800. The van der Waals surface area contributed by atoms with Crippen molar-refractivity contribution in [3.63, 3.8) is 0 Å². The van der Waals surface area contributed by atoms with Gasteiger partial charge in [0.2, 0.25) is 0 Å². The standard InChI is InChI=1S/C13H25NO/c1-3-15-7-6-13(10-14-2)9-11-4-5-12(13)8-11/h11-12,14H,3-10H2,1-2H3. The first kappa shape index (κ1) is 11.4. The van der Waals surface area contributed by atoms with Crippen LogP contribution in [0.15, 0.2) is 0 Å². The zero-order chi connectivity index (χ0) is 10.7. The fourth-order valence-electron chi connectivity index (χ4n) is 3.94. The fourth-order valence-corrected chi connectivity index (χ4v) is 3.94. The molecule has 1 N–H and O–H groups in total. The highest BCUT2D eigenvalue weighted by Gasteiger charge is 2.49. The summed E-state index contributed by atoms with van der Waals surface area (Å²) in [5.41, 5.74) is 0.576. The van der Waals surface area contributed by atoms with E-state index < -0.39 is 0 Å². The van der Waals surface area contributed by atoms with Crippen LogP contribution < -0.4 is 5.32 Å². The van der Waals surface area contributed by atoms with Gasteiger partial charge in [-0.25, -0.2) is 0 Å². The summed E-state index contributed by atoms with van der Waals surface area (Å²) in [6.45, 7) is 5.11. The van der Waals surface area contributed by atoms with Crippen molar-refractivity contribution in [1.29, 1.82) is 0 Å². The maximum absolute atomic E-state index is 5.55. The Bertz CT molecular complexity index is 207. The summed E-state index contributed by atoms with van der Waals surface area (Å²) in [6.07, 6.45) is 7.17. The lowest BCUT2D eigenvalue weighted by Gasteiger charge is -2.37. The largest absolute Gasteiger partial charge is 0.382 e. The van der Waals surface area contributed by atoms with Crippen LogP contribution in [-0.4, -0.2) is 26.8 Å². The Balaban J connectivity index is 1.92. The van der Waals surface area contributed by atoms with E-state index in [1.54, 1.807) is 0 Å². The van der Waals surface area contributed by atoms with Crippen LogP contribution in [0.4, 0.5) is 0 Å². The van der Waals surface area contributed by atoms with Gasteiger partial charge in [0.05, 0.1) is 0 Å². The summed E-state index contributed by atoms with van der Waals surface area (Å²) in [6, 6.07) is 0. The Kier molecular flexibility index (Phi) is 3.68. The average molecular weight is 211 g/mol. The highest BCUT2D eigenvalue weighted by molar-refractivity contribution is 5.01. The molecule has 0 amide bonds.